The molecule has 4 N–H and O–H groups in total. The zero-order valence-corrected chi connectivity index (χ0v) is 12.1. The Kier molecular flexibility index (Phi) is 3.98. The summed E-state index contributed by atoms with van der Waals surface area (Å²) in [4.78, 5) is 25.3. The lowest BCUT2D eigenvalue weighted by Gasteiger charge is -2.16. The van der Waals surface area contributed by atoms with Crippen LogP contribution in [0.5, 0.6) is 0 Å². The quantitative estimate of drug-likeness (QED) is 0.753. The molecule has 0 aromatic heterocycles. The maximum absolute atomic E-state index is 13.9. The second-order valence-electron chi connectivity index (χ2n) is 5.76. The number of carbonyl (C=O) groups excluding carboxylic acids is 2. The summed E-state index contributed by atoms with van der Waals surface area (Å²) < 4.78 is 13.9. The molecule has 1 saturated heterocycles. The number of urea groups is 1. The predicted octanol–water partition coefficient (Wildman–Crippen LogP) is 0.822. The van der Waals surface area contributed by atoms with Crippen LogP contribution in [-0.2, 0) is 0 Å². The molecule has 7 heteroatoms. The lowest BCUT2D eigenvalue weighted by atomic mass is 10.1. The van der Waals surface area contributed by atoms with Crippen molar-refractivity contribution < 1.29 is 14.0 Å². The number of hydrogen-bond donors (Lipinski definition) is 3. The van der Waals surface area contributed by atoms with Crippen LogP contribution in [0, 0.1) is 11.7 Å². The van der Waals surface area contributed by atoms with Gasteiger partial charge in [0, 0.05) is 31.4 Å². The number of halogens is 1. The highest BCUT2D eigenvalue weighted by Crippen LogP contribution is 2.31. The summed E-state index contributed by atoms with van der Waals surface area (Å²) in [6, 6.07) is 3.77. The van der Waals surface area contributed by atoms with E-state index < -0.39 is 11.7 Å². The molecule has 0 bridgehead atoms. The number of benzene rings is 1. The molecule has 0 radical (unpaired) electrons. The molecule has 3 amide bonds. The Bertz CT molecular complexity index is 603. The SMILES string of the molecule is NC(CNC(=O)c1cc(N2CCNC2=O)ccc1F)C1CC1. The van der Waals surface area contributed by atoms with Gasteiger partial charge in [-0.25, -0.2) is 9.18 Å². The highest BCUT2D eigenvalue weighted by molar-refractivity contribution is 5.98. The number of nitrogens with zero attached hydrogens (tertiary/aromatic N) is 1. The number of nitrogens with two attached hydrogens (primary N) is 1. The van der Waals surface area contributed by atoms with Crippen molar-refractivity contribution in [2.75, 3.05) is 24.5 Å². The largest absolute Gasteiger partial charge is 0.350 e. The first-order chi connectivity index (χ1) is 10.6. The first kappa shape index (κ1) is 14.8. The van der Waals surface area contributed by atoms with Gasteiger partial charge in [0.25, 0.3) is 5.91 Å². The lowest BCUT2D eigenvalue weighted by Crippen LogP contribution is -2.39. The number of carbonyl (C=O) groups is 2. The van der Waals surface area contributed by atoms with Gasteiger partial charge in [0.2, 0.25) is 0 Å². The van der Waals surface area contributed by atoms with Gasteiger partial charge in [-0.2, -0.15) is 0 Å². The fraction of sp³-hybridized carbons (Fsp3) is 0.467. The third kappa shape index (κ3) is 3.04. The van der Waals surface area contributed by atoms with E-state index in [4.69, 9.17) is 5.73 Å². The molecule has 1 aromatic carbocycles. The molecule has 1 aliphatic heterocycles. The molecule has 6 nitrogen and oxygen atoms in total. The molecule has 1 saturated carbocycles. The highest BCUT2D eigenvalue weighted by Gasteiger charge is 2.29. The third-order valence-corrected chi connectivity index (χ3v) is 4.09. The minimum atomic E-state index is -0.610. The van der Waals surface area contributed by atoms with Crippen molar-refractivity contribution in [3.05, 3.63) is 29.6 Å². The van der Waals surface area contributed by atoms with E-state index in [9.17, 15) is 14.0 Å². The molecule has 1 unspecified atom stereocenters. The van der Waals surface area contributed by atoms with Gasteiger partial charge in [-0.3, -0.25) is 9.69 Å². The van der Waals surface area contributed by atoms with Gasteiger partial charge < -0.3 is 16.4 Å². The summed E-state index contributed by atoms with van der Waals surface area (Å²) in [5.74, 6) is -0.652. The van der Waals surface area contributed by atoms with Gasteiger partial charge in [0.15, 0.2) is 0 Å². The number of hydrogen-bond acceptors (Lipinski definition) is 3. The third-order valence-electron chi connectivity index (χ3n) is 4.09. The topological polar surface area (TPSA) is 87.5 Å². The van der Waals surface area contributed by atoms with E-state index in [1.165, 1.54) is 23.1 Å². The van der Waals surface area contributed by atoms with Crippen molar-refractivity contribution in [1.82, 2.24) is 10.6 Å². The molecule has 1 aliphatic carbocycles. The predicted molar refractivity (Wildman–Crippen MR) is 80.2 cm³/mol. The van der Waals surface area contributed by atoms with E-state index in [-0.39, 0.29) is 17.6 Å². The molecule has 1 heterocycles. The van der Waals surface area contributed by atoms with Crippen molar-refractivity contribution in [2.24, 2.45) is 11.7 Å². The van der Waals surface area contributed by atoms with Crippen molar-refractivity contribution >= 4 is 17.6 Å². The van der Waals surface area contributed by atoms with E-state index in [0.717, 1.165) is 12.8 Å². The lowest BCUT2D eigenvalue weighted by molar-refractivity contribution is 0.0946. The van der Waals surface area contributed by atoms with E-state index in [0.29, 0.717) is 31.2 Å². The number of anilines is 1. The Labute approximate surface area is 127 Å². The van der Waals surface area contributed by atoms with Crippen LogP contribution < -0.4 is 21.3 Å². The molecule has 1 aromatic rings. The summed E-state index contributed by atoms with van der Waals surface area (Å²) in [5, 5.41) is 5.33. The zero-order valence-electron chi connectivity index (χ0n) is 12.1. The van der Waals surface area contributed by atoms with Crippen LogP contribution in [0.4, 0.5) is 14.9 Å². The fourth-order valence-corrected chi connectivity index (χ4v) is 2.57. The molecular formula is C15H19FN4O2. The van der Waals surface area contributed by atoms with Gasteiger partial charge in [0.05, 0.1) is 5.56 Å². The van der Waals surface area contributed by atoms with Crippen molar-refractivity contribution in [1.29, 1.82) is 0 Å². The Hall–Kier alpha value is -2.15. The molecule has 0 spiro atoms. The van der Waals surface area contributed by atoms with Crippen LogP contribution >= 0.6 is 0 Å². The monoisotopic (exact) mass is 306 g/mol. The molecule has 2 fully saturated rings. The van der Waals surface area contributed by atoms with Crippen molar-refractivity contribution in [3.8, 4) is 0 Å². The summed E-state index contributed by atoms with van der Waals surface area (Å²) >= 11 is 0. The van der Waals surface area contributed by atoms with Crippen LogP contribution in [0.3, 0.4) is 0 Å². The summed E-state index contributed by atoms with van der Waals surface area (Å²) in [6.45, 7) is 1.36. The first-order valence-corrected chi connectivity index (χ1v) is 7.45. The number of rotatable bonds is 5. The van der Waals surface area contributed by atoms with E-state index in [2.05, 4.69) is 10.6 Å². The van der Waals surface area contributed by atoms with Crippen LogP contribution in [-0.4, -0.2) is 37.6 Å². The summed E-state index contributed by atoms with van der Waals surface area (Å²) in [7, 11) is 0. The maximum atomic E-state index is 13.9. The minimum Gasteiger partial charge on any atom is -0.350 e. The molecule has 3 rings (SSSR count). The molecule has 22 heavy (non-hydrogen) atoms. The van der Waals surface area contributed by atoms with Gasteiger partial charge in [-0.05, 0) is 37.0 Å². The van der Waals surface area contributed by atoms with E-state index >= 15 is 0 Å². The zero-order chi connectivity index (χ0) is 15.7. The van der Waals surface area contributed by atoms with Gasteiger partial charge in [-0.1, -0.05) is 0 Å². The van der Waals surface area contributed by atoms with Crippen LogP contribution in [0.2, 0.25) is 0 Å². The fourth-order valence-electron chi connectivity index (χ4n) is 2.57. The van der Waals surface area contributed by atoms with Gasteiger partial charge in [-0.15, -0.1) is 0 Å². The average molecular weight is 306 g/mol. The molecule has 2 aliphatic rings. The molecule has 118 valence electrons. The number of nitrogens with one attached hydrogen (secondary N) is 2. The Morgan fingerprint density at radius 2 is 2.27 bits per heavy atom. The summed E-state index contributed by atoms with van der Waals surface area (Å²) in [5.41, 5.74) is 6.36. The van der Waals surface area contributed by atoms with Crippen LogP contribution in [0.1, 0.15) is 23.2 Å². The van der Waals surface area contributed by atoms with E-state index in [1.807, 2.05) is 0 Å². The van der Waals surface area contributed by atoms with Crippen molar-refractivity contribution in [3.63, 3.8) is 0 Å². The minimum absolute atomic E-state index is 0.0693. The van der Waals surface area contributed by atoms with Crippen molar-refractivity contribution in [2.45, 2.75) is 18.9 Å². The molecular weight excluding hydrogens is 287 g/mol. The average Bonchev–Trinajstić information content (AvgIpc) is 3.27. The highest BCUT2D eigenvalue weighted by atomic mass is 19.1. The molecule has 1 atom stereocenters. The summed E-state index contributed by atoms with van der Waals surface area (Å²) in [6.07, 6.45) is 2.18. The van der Waals surface area contributed by atoms with Gasteiger partial charge >= 0.3 is 6.03 Å². The van der Waals surface area contributed by atoms with Crippen LogP contribution in [0.25, 0.3) is 0 Å². The first-order valence-electron chi connectivity index (χ1n) is 7.45. The van der Waals surface area contributed by atoms with Crippen LogP contribution in [0.15, 0.2) is 18.2 Å². The van der Waals surface area contributed by atoms with Gasteiger partial charge in [0.1, 0.15) is 5.82 Å². The second kappa shape index (κ2) is 5.92. The Balaban J connectivity index is 1.71. The standard InChI is InChI=1S/C15H19FN4O2/c16-12-4-3-10(20-6-5-18-15(20)22)7-11(12)14(21)19-8-13(17)9-1-2-9/h3-4,7,9,13H,1-2,5-6,8,17H2,(H,18,22)(H,19,21). The number of amides is 3. The second-order valence-corrected chi connectivity index (χ2v) is 5.76. The van der Waals surface area contributed by atoms with E-state index in [1.54, 1.807) is 0 Å². The Morgan fingerprint density at radius 3 is 2.91 bits per heavy atom. The smallest absolute Gasteiger partial charge is 0.321 e. The maximum Gasteiger partial charge on any atom is 0.321 e. The normalized spacial score (nSPS) is 19.0. The Morgan fingerprint density at radius 1 is 1.50 bits per heavy atom.